The lowest BCUT2D eigenvalue weighted by Gasteiger charge is -2.08. The average molecular weight is 255 g/mol. The Hall–Kier alpha value is -1.77. The van der Waals surface area contributed by atoms with Gasteiger partial charge in [0.2, 0.25) is 0 Å². The second-order valence-electron chi connectivity index (χ2n) is 5.83. The number of benzene rings is 1. The van der Waals surface area contributed by atoms with Gasteiger partial charge in [0.05, 0.1) is 5.69 Å². The predicted octanol–water partition coefficient (Wildman–Crippen LogP) is 3.55. The topological polar surface area (TPSA) is 40.7 Å². The smallest absolute Gasteiger partial charge is 0.107 e. The molecule has 0 spiro atoms. The SMILES string of the molecule is Cc1ccc2c(c1)-c1nc(CC(C)C)[nH]c1CCN2. The van der Waals surface area contributed by atoms with Crippen LogP contribution in [0.5, 0.6) is 0 Å². The van der Waals surface area contributed by atoms with Gasteiger partial charge in [0.15, 0.2) is 0 Å². The van der Waals surface area contributed by atoms with Crippen LogP contribution in [0.2, 0.25) is 0 Å². The summed E-state index contributed by atoms with van der Waals surface area (Å²) in [4.78, 5) is 8.35. The van der Waals surface area contributed by atoms with Crippen molar-refractivity contribution in [2.45, 2.75) is 33.6 Å². The van der Waals surface area contributed by atoms with Gasteiger partial charge in [-0.1, -0.05) is 25.5 Å². The van der Waals surface area contributed by atoms with Crippen LogP contribution in [0.4, 0.5) is 5.69 Å². The first-order valence-electron chi connectivity index (χ1n) is 7.06. The number of fused-ring (bicyclic) bond motifs is 3. The molecule has 0 radical (unpaired) electrons. The van der Waals surface area contributed by atoms with E-state index in [2.05, 4.69) is 49.3 Å². The monoisotopic (exact) mass is 255 g/mol. The van der Waals surface area contributed by atoms with Crippen LogP contribution in [0.15, 0.2) is 18.2 Å². The van der Waals surface area contributed by atoms with Crippen molar-refractivity contribution in [2.24, 2.45) is 5.92 Å². The van der Waals surface area contributed by atoms with Crippen molar-refractivity contribution in [3.05, 3.63) is 35.3 Å². The molecule has 0 saturated heterocycles. The summed E-state index contributed by atoms with van der Waals surface area (Å²) >= 11 is 0. The van der Waals surface area contributed by atoms with Crippen LogP contribution in [0.1, 0.15) is 30.9 Å². The summed E-state index contributed by atoms with van der Waals surface area (Å²) in [6, 6.07) is 6.54. The molecule has 3 rings (SSSR count). The van der Waals surface area contributed by atoms with Gasteiger partial charge in [0, 0.05) is 36.3 Å². The number of nitrogens with zero attached hydrogens (tertiary/aromatic N) is 1. The molecule has 2 heterocycles. The minimum Gasteiger partial charge on any atom is -0.384 e. The third-order valence-electron chi connectivity index (χ3n) is 3.55. The minimum absolute atomic E-state index is 0.630. The van der Waals surface area contributed by atoms with Crippen LogP contribution in [0.25, 0.3) is 11.3 Å². The van der Waals surface area contributed by atoms with E-state index in [4.69, 9.17) is 4.98 Å². The van der Waals surface area contributed by atoms with Crippen LogP contribution >= 0.6 is 0 Å². The number of aromatic amines is 1. The fourth-order valence-electron chi connectivity index (χ4n) is 2.68. The number of aryl methyl sites for hydroxylation is 1. The van der Waals surface area contributed by atoms with Gasteiger partial charge in [0.1, 0.15) is 5.82 Å². The van der Waals surface area contributed by atoms with E-state index in [1.807, 2.05) is 0 Å². The molecule has 0 atom stereocenters. The van der Waals surface area contributed by atoms with Crippen LogP contribution in [0, 0.1) is 12.8 Å². The molecule has 1 aliphatic heterocycles. The second kappa shape index (κ2) is 4.72. The largest absolute Gasteiger partial charge is 0.384 e. The molecule has 0 aliphatic carbocycles. The summed E-state index contributed by atoms with van der Waals surface area (Å²) < 4.78 is 0. The molecule has 3 nitrogen and oxygen atoms in total. The van der Waals surface area contributed by atoms with E-state index in [0.717, 1.165) is 30.9 Å². The fraction of sp³-hybridized carbons (Fsp3) is 0.438. The summed E-state index contributed by atoms with van der Waals surface area (Å²) in [7, 11) is 0. The third-order valence-corrected chi connectivity index (χ3v) is 3.55. The third kappa shape index (κ3) is 2.37. The summed E-state index contributed by atoms with van der Waals surface area (Å²) in [6.07, 6.45) is 2.02. The average Bonchev–Trinajstić information content (AvgIpc) is 2.65. The summed E-state index contributed by atoms with van der Waals surface area (Å²) in [6.45, 7) is 7.56. The van der Waals surface area contributed by atoms with Gasteiger partial charge in [-0.3, -0.25) is 0 Å². The highest BCUT2D eigenvalue weighted by Gasteiger charge is 2.18. The number of hydrogen-bond acceptors (Lipinski definition) is 2. The van der Waals surface area contributed by atoms with Crippen LogP contribution in [0.3, 0.4) is 0 Å². The number of anilines is 1. The summed E-state index contributed by atoms with van der Waals surface area (Å²) in [5.74, 6) is 1.75. The first kappa shape index (κ1) is 12.3. The Morgan fingerprint density at radius 3 is 2.95 bits per heavy atom. The zero-order valence-corrected chi connectivity index (χ0v) is 11.9. The standard InChI is InChI=1S/C16H21N3/c1-10(2)8-15-18-14-6-7-17-13-5-4-11(3)9-12(13)16(14)19-15/h4-5,9-10,17H,6-8H2,1-3H3,(H,18,19). The Morgan fingerprint density at radius 1 is 1.32 bits per heavy atom. The van der Waals surface area contributed by atoms with Gasteiger partial charge < -0.3 is 10.3 Å². The van der Waals surface area contributed by atoms with Crippen molar-refractivity contribution in [1.29, 1.82) is 0 Å². The molecular formula is C16H21N3. The maximum absolute atomic E-state index is 4.84. The molecular weight excluding hydrogens is 234 g/mol. The number of imidazole rings is 1. The van der Waals surface area contributed by atoms with E-state index in [0.29, 0.717) is 5.92 Å². The van der Waals surface area contributed by atoms with E-state index >= 15 is 0 Å². The number of nitrogens with one attached hydrogen (secondary N) is 2. The van der Waals surface area contributed by atoms with Gasteiger partial charge in [-0.25, -0.2) is 4.98 Å². The normalized spacial score (nSPS) is 13.7. The summed E-state index contributed by atoms with van der Waals surface area (Å²) in [5, 5.41) is 3.49. The van der Waals surface area contributed by atoms with E-state index in [1.165, 1.54) is 22.5 Å². The van der Waals surface area contributed by atoms with E-state index < -0.39 is 0 Å². The van der Waals surface area contributed by atoms with Crippen molar-refractivity contribution in [3.8, 4) is 11.3 Å². The van der Waals surface area contributed by atoms with Crippen molar-refractivity contribution in [1.82, 2.24) is 9.97 Å². The number of rotatable bonds is 2. The van der Waals surface area contributed by atoms with Crippen molar-refractivity contribution < 1.29 is 0 Å². The van der Waals surface area contributed by atoms with Crippen molar-refractivity contribution in [2.75, 3.05) is 11.9 Å². The van der Waals surface area contributed by atoms with E-state index in [-0.39, 0.29) is 0 Å². The number of H-pyrrole nitrogens is 1. The Balaban J connectivity index is 2.09. The van der Waals surface area contributed by atoms with Crippen LogP contribution < -0.4 is 5.32 Å². The van der Waals surface area contributed by atoms with E-state index in [1.54, 1.807) is 0 Å². The number of aromatic nitrogens is 2. The zero-order chi connectivity index (χ0) is 13.4. The Kier molecular flexibility index (Phi) is 3.05. The molecule has 0 saturated carbocycles. The lowest BCUT2D eigenvalue weighted by Crippen LogP contribution is -2.03. The van der Waals surface area contributed by atoms with Crippen molar-refractivity contribution in [3.63, 3.8) is 0 Å². The van der Waals surface area contributed by atoms with Crippen LogP contribution in [-0.2, 0) is 12.8 Å². The quantitative estimate of drug-likeness (QED) is 0.861. The minimum atomic E-state index is 0.630. The molecule has 0 unspecified atom stereocenters. The molecule has 2 N–H and O–H groups in total. The fourth-order valence-corrected chi connectivity index (χ4v) is 2.68. The highest BCUT2D eigenvalue weighted by Crippen LogP contribution is 2.33. The highest BCUT2D eigenvalue weighted by atomic mass is 15.0. The molecule has 0 amide bonds. The zero-order valence-electron chi connectivity index (χ0n) is 11.9. The molecule has 1 aromatic heterocycles. The van der Waals surface area contributed by atoms with Gasteiger partial charge in [0.25, 0.3) is 0 Å². The van der Waals surface area contributed by atoms with Gasteiger partial charge in [-0.05, 0) is 25.0 Å². The lowest BCUT2D eigenvalue weighted by molar-refractivity contribution is 0.625. The van der Waals surface area contributed by atoms with Crippen molar-refractivity contribution >= 4 is 5.69 Å². The molecule has 1 aromatic carbocycles. The van der Waals surface area contributed by atoms with E-state index in [9.17, 15) is 0 Å². The van der Waals surface area contributed by atoms with Gasteiger partial charge in [-0.2, -0.15) is 0 Å². The van der Waals surface area contributed by atoms with Gasteiger partial charge in [-0.15, -0.1) is 0 Å². The molecule has 2 aromatic rings. The molecule has 100 valence electrons. The predicted molar refractivity (Wildman–Crippen MR) is 79.5 cm³/mol. The first-order valence-corrected chi connectivity index (χ1v) is 7.06. The molecule has 19 heavy (non-hydrogen) atoms. The maximum Gasteiger partial charge on any atom is 0.107 e. The molecule has 3 heteroatoms. The Bertz CT molecular complexity index is 596. The van der Waals surface area contributed by atoms with Crippen LogP contribution in [-0.4, -0.2) is 16.5 Å². The lowest BCUT2D eigenvalue weighted by atomic mass is 10.1. The maximum atomic E-state index is 4.84. The second-order valence-corrected chi connectivity index (χ2v) is 5.83. The highest BCUT2D eigenvalue weighted by molar-refractivity contribution is 5.78. The number of hydrogen-bond donors (Lipinski definition) is 2. The van der Waals surface area contributed by atoms with Gasteiger partial charge >= 0.3 is 0 Å². The molecule has 1 aliphatic rings. The first-order chi connectivity index (χ1) is 9.13. The molecule has 0 bridgehead atoms. The Labute approximate surface area is 114 Å². The molecule has 0 fully saturated rings. The Morgan fingerprint density at radius 2 is 2.16 bits per heavy atom. The summed E-state index contributed by atoms with van der Waals surface area (Å²) in [5.41, 5.74) is 6.12.